The fourth-order valence-electron chi connectivity index (χ4n) is 1.93. The van der Waals surface area contributed by atoms with Crippen LogP contribution in [0.2, 0.25) is 0 Å². The lowest BCUT2D eigenvalue weighted by atomic mass is 10.1. The second-order valence-corrected chi connectivity index (χ2v) is 6.53. The molecule has 2 rings (SSSR count). The van der Waals surface area contributed by atoms with Gasteiger partial charge in [0.1, 0.15) is 5.82 Å². The Balaban J connectivity index is 2.18. The molecule has 0 unspecified atom stereocenters. The van der Waals surface area contributed by atoms with Crippen molar-refractivity contribution < 1.29 is 4.79 Å². The summed E-state index contributed by atoms with van der Waals surface area (Å²) in [6, 6.07) is 5.50. The number of hydrazine groups is 1. The molecule has 0 aliphatic rings. The molecule has 0 radical (unpaired) electrons. The molecule has 0 spiro atoms. The summed E-state index contributed by atoms with van der Waals surface area (Å²) in [4.78, 5) is 19.6. The van der Waals surface area contributed by atoms with Gasteiger partial charge in [-0.2, -0.15) is 0 Å². The molecule has 7 heteroatoms. The van der Waals surface area contributed by atoms with Crippen LogP contribution in [0.15, 0.2) is 28.1 Å². The fraction of sp³-hybridized carbons (Fsp3) is 0.286. The monoisotopic (exact) mass is 368 g/mol. The van der Waals surface area contributed by atoms with Crippen LogP contribution in [0.1, 0.15) is 27.9 Å². The molecule has 5 nitrogen and oxygen atoms in total. The van der Waals surface area contributed by atoms with Gasteiger partial charge in [-0.15, -0.1) is 11.3 Å². The Morgan fingerprint density at radius 1 is 1.48 bits per heavy atom. The number of aromatic nitrogens is 1. The third-order valence-corrected chi connectivity index (χ3v) is 4.68. The van der Waals surface area contributed by atoms with E-state index in [0.29, 0.717) is 17.9 Å². The van der Waals surface area contributed by atoms with Crippen LogP contribution in [0.3, 0.4) is 0 Å². The smallest absolute Gasteiger partial charge is 0.254 e. The molecule has 3 N–H and O–H groups in total. The number of thiophene rings is 1. The van der Waals surface area contributed by atoms with Crippen molar-refractivity contribution in [2.24, 2.45) is 5.84 Å². The van der Waals surface area contributed by atoms with Gasteiger partial charge in [0.25, 0.3) is 5.91 Å². The number of aryl methyl sites for hydroxylation is 1. The predicted octanol–water partition coefficient (Wildman–Crippen LogP) is 3.03. The third-order valence-electron chi connectivity index (χ3n) is 3.00. The Kier molecular flexibility index (Phi) is 5.33. The molecular weight excluding hydrogens is 352 g/mol. The Labute approximate surface area is 136 Å². The van der Waals surface area contributed by atoms with Crippen LogP contribution in [-0.4, -0.2) is 22.8 Å². The maximum Gasteiger partial charge on any atom is 0.254 e. The Morgan fingerprint density at radius 3 is 2.81 bits per heavy atom. The predicted molar refractivity (Wildman–Crippen MR) is 89.2 cm³/mol. The summed E-state index contributed by atoms with van der Waals surface area (Å²) >= 11 is 5.04. The second-order valence-electron chi connectivity index (χ2n) is 4.62. The SMILES string of the molecule is CCc1cc(C(=O)N(C)Cc2cc(Br)cs2)cc(NN)n1. The van der Waals surface area contributed by atoms with Gasteiger partial charge in [-0.3, -0.25) is 4.79 Å². The van der Waals surface area contributed by atoms with Gasteiger partial charge in [0.2, 0.25) is 0 Å². The van der Waals surface area contributed by atoms with E-state index in [4.69, 9.17) is 5.84 Å². The summed E-state index contributed by atoms with van der Waals surface area (Å²) < 4.78 is 1.04. The van der Waals surface area contributed by atoms with Gasteiger partial charge >= 0.3 is 0 Å². The number of anilines is 1. The van der Waals surface area contributed by atoms with Crippen molar-refractivity contribution >= 4 is 39.0 Å². The lowest BCUT2D eigenvalue weighted by molar-refractivity contribution is 0.0786. The van der Waals surface area contributed by atoms with Crippen LogP contribution >= 0.6 is 27.3 Å². The number of rotatable bonds is 5. The quantitative estimate of drug-likeness (QED) is 0.628. The summed E-state index contributed by atoms with van der Waals surface area (Å²) in [5, 5.41) is 2.01. The molecule has 0 fully saturated rings. The van der Waals surface area contributed by atoms with E-state index in [1.807, 2.05) is 24.4 Å². The highest BCUT2D eigenvalue weighted by Gasteiger charge is 2.15. The summed E-state index contributed by atoms with van der Waals surface area (Å²) in [5.74, 6) is 5.86. The summed E-state index contributed by atoms with van der Waals surface area (Å²) in [6.45, 7) is 2.56. The molecule has 2 aromatic rings. The van der Waals surface area contributed by atoms with E-state index < -0.39 is 0 Å². The molecule has 0 aliphatic heterocycles. The van der Waals surface area contributed by atoms with Gasteiger partial charge < -0.3 is 10.3 Å². The second kappa shape index (κ2) is 7.02. The van der Waals surface area contributed by atoms with Gasteiger partial charge in [-0.05, 0) is 40.5 Å². The molecular formula is C14H17BrN4OS. The first kappa shape index (κ1) is 15.9. The van der Waals surface area contributed by atoms with E-state index in [2.05, 4.69) is 26.3 Å². The number of hydrogen-bond acceptors (Lipinski definition) is 5. The average molecular weight is 369 g/mol. The van der Waals surface area contributed by atoms with Crippen LogP contribution in [0.25, 0.3) is 0 Å². The van der Waals surface area contributed by atoms with Crippen LogP contribution in [0.5, 0.6) is 0 Å². The van der Waals surface area contributed by atoms with E-state index in [0.717, 1.165) is 21.5 Å². The maximum absolute atomic E-state index is 12.5. The van der Waals surface area contributed by atoms with Crippen molar-refractivity contribution in [3.63, 3.8) is 0 Å². The number of nitrogens with two attached hydrogens (primary N) is 1. The van der Waals surface area contributed by atoms with Crippen LogP contribution in [0, 0.1) is 0 Å². The number of carbonyl (C=O) groups is 1. The number of nitrogens with one attached hydrogen (secondary N) is 1. The van der Waals surface area contributed by atoms with Crippen molar-refractivity contribution in [1.29, 1.82) is 0 Å². The normalized spacial score (nSPS) is 10.5. The highest BCUT2D eigenvalue weighted by Crippen LogP contribution is 2.21. The topological polar surface area (TPSA) is 71.2 Å². The summed E-state index contributed by atoms with van der Waals surface area (Å²) in [5.41, 5.74) is 3.93. The molecule has 112 valence electrons. The van der Waals surface area contributed by atoms with Crippen molar-refractivity contribution in [2.45, 2.75) is 19.9 Å². The first-order valence-corrected chi connectivity index (χ1v) is 8.16. The molecule has 2 heterocycles. The number of pyridine rings is 1. The fourth-order valence-corrected chi connectivity index (χ4v) is 3.43. The van der Waals surface area contributed by atoms with Crippen molar-refractivity contribution in [3.05, 3.63) is 44.2 Å². The molecule has 21 heavy (non-hydrogen) atoms. The van der Waals surface area contributed by atoms with Gasteiger partial charge in [-0.25, -0.2) is 10.8 Å². The van der Waals surface area contributed by atoms with Gasteiger partial charge in [0, 0.05) is 33.0 Å². The van der Waals surface area contributed by atoms with Gasteiger partial charge in [-0.1, -0.05) is 6.92 Å². The molecule has 0 saturated heterocycles. The van der Waals surface area contributed by atoms with Crippen molar-refractivity contribution in [2.75, 3.05) is 12.5 Å². The maximum atomic E-state index is 12.5. The van der Waals surface area contributed by atoms with Gasteiger partial charge in [0.15, 0.2) is 0 Å². The minimum Gasteiger partial charge on any atom is -0.337 e. The minimum absolute atomic E-state index is 0.0480. The minimum atomic E-state index is -0.0480. The zero-order valence-corrected chi connectivity index (χ0v) is 14.3. The van der Waals surface area contributed by atoms with E-state index >= 15 is 0 Å². The van der Waals surface area contributed by atoms with Crippen LogP contribution < -0.4 is 11.3 Å². The molecule has 2 aromatic heterocycles. The zero-order chi connectivity index (χ0) is 15.4. The standard InChI is InChI=1S/C14H17BrN4OS/c1-3-11-4-9(5-13(17-11)18-16)14(20)19(2)7-12-6-10(15)8-21-12/h4-6,8H,3,7,16H2,1-2H3,(H,17,18). The Bertz CT molecular complexity index is 621. The van der Waals surface area contributed by atoms with Crippen LogP contribution in [0.4, 0.5) is 5.82 Å². The van der Waals surface area contributed by atoms with E-state index in [1.165, 1.54) is 0 Å². The third kappa shape index (κ3) is 4.03. The number of hydrogen-bond donors (Lipinski definition) is 2. The van der Waals surface area contributed by atoms with Crippen molar-refractivity contribution in [1.82, 2.24) is 9.88 Å². The molecule has 0 bridgehead atoms. The number of nitrogen functional groups attached to an aromatic ring is 1. The van der Waals surface area contributed by atoms with E-state index in [1.54, 1.807) is 29.4 Å². The first-order chi connectivity index (χ1) is 10.0. The van der Waals surface area contributed by atoms with E-state index in [-0.39, 0.29) is 5.91 Å². The van der Waals surface area contributed by atoms with Crippen molar-refractivity contribution in [3.8, 4) is 0 Å². The summed E-state index contributed by atoms with van der Waals surface area (Å²) in [6.07, 6.45) is 0.747. The molecule has 0 atom stereocenters. The number of carbonyl (C=O) groups excluding carboxylic acids is 1. The highest BCUT2D eigenvalue weighted by molar-refractivity contribution is 9.10. The molecule has 0 aromatic carbocycles. The van der Waals surface area contributed by atoms with E-state index in [9.17, 15) is 4.79 Å². The first-order valence-electron chi connectivity index (χ1n) is 6.49. The Hall–Kier alpha value is -1.44. The number of amides is 1. The van der Waals surface area contributed by atoms with Gasteiger partial charge in [0.05, 0.1) is 6.54 Å². The lowest BCUT2D eigenvalue weighted by Crippen LogP contribution is -2.26. The summed E-state index contributed by atoms with van der Waals surface area (Å²) in [7, 11) is 1.79. The molecule has 1 amide bonds. The largest absolute Gasteiger partial charge is 0.337 e. The number of nitrogens with zero attached hydrogens (tertiary/aromatic N) is 2. The zero-order valence-electron chi connectivity index (χ0n) is 11.9. The Morgan fingerprint density at radius 2 is 2.24 bits per heavy atom. The average Bonchev–Trinajstić information content (AvgIpc) is 2.90. The lowest BCUT2D eigenvalue weighted by Gasteiger charge is -2.17. The van der Waals surface area contributed by atoms with Crippen LogP contribution in [-0.2, 0) is 13.0 Å². The molecule has 0 aliphatic carbocycles. The number of halogens is 1. The molecule has 0 saturated carbocycles. The highest BCUT2D eigenvalue weighted by atomic mass is 79.9.